The van der Waals surface area contributed by atoms with Gasteiger partial charge in [-0.1, -0.05) is 0 Å². The Morgan fingerprint density at radius 1 is 1.42 bits per heavy atom. The van der Waals surface area contributed by atoms with Gasteiger partial charge >= 0.3 is 6.03 Å². The van der Waals surface area contributed by atoms with Gasteiger partial charge in [0, 0.05) is 43.8 Å². The Morgan fingerprint density at radius 2 is 2.29 bits per heavy atom. The van der Waals surface area contributed by atoms with Crippen molar-refractivity contribution in [2.45, 2.75) is 31.6 Å². The number of nitrogens with zero attached hydrogens (tertiary/aromatic N) is 2. The van der Waals surface area contributed by atoms with Crippen molar-refractivity contribution in [1.29, 1.82) is 0 Å². The lowest BCUT2D eigenvalue weighted by Gasteiger charge is -2.32. The molecule has 6 heteroatoms. The summed E-state index contributed by atoms with van der Waals surface area (Å²) >= 11 is 0. The van der Waals surface area contributed by atoms with E-state index < -0.39 is 0 Å². The van der Waals surface area contributed by atoms with Crippen molar-refractivity contribution >= 4 is 22.8 Å². The third kappa shape index (κ3) is 3.24. The molecule has 0 bridgehead atoms. The molecule has 1 saturated heterocycles. The van der Waals surface area contributed by atoms with Gasteiger partial charge in [-0.15, -0.1) is 0 Å². The number of urea groups is 1. The second-order valence-corrected chi connectivity index (χ2v) is 6.85. The van der Waals surface area contributed by atoms with Crippen LogP contribution in [-0.4, -0.2) is 42.7 Å². The van der Waals surface area contributed by atoms with E-state index in [9.17, 15) is 4.79 Å². The highest BCUT2D eigenvalue weighted by atomic mass is 16.5. The van der Waals surface area contributed by atoms with E-state index in [0.717, 1.165) is 61.5 Å². The highest BCUT2D eigenvalue weighted by Gasteiger charge is 2.29. The average Bonchev–Trinajstić information content (AvgIpc) is 3.35. The lowest BCUT2D eigenvalue weighted by atomic mass is 9.99. The maximum absolute atomic E-state index is 12.5. The van der Waals surface area contributed by atoms with Crippen LogP contribution in [0.3, 0.4) is 0 Å². The fraction of sp³-hybridized carbons (Fsp3) is 0.556. The number of methoxy groups -OCH3 is 1. The van der Waals surface area contributed by atoms with Crippen LogP contribution in [0.15, 0.2) is 22.6 Å². The van der Waals surface area contributed by atoms with Gasteiger partial charge in [-0.05, 0) is 37.8 Å². The standard InChI is InChI=1S/C18H23N3O3/c1-23-11-12-3-2-8-21(10-12)18(22)19-14-6-7-15-16(9-14)24-17(20-15)13-4-5-13/h6-7,9,12-13H,2-5,8,10-11H2,1H3,(H,19,22). The first-order valence-corrected chi connectivity index (χ1v) is 8.68. The number of piperidine rings is 1. The first-order chi connectivity index (χ1) is 11.7. The number of likely N-dealkylation sites (tertiary alicyclic amines) is 1. The van der Waals surface area contributed by atoms with Crippen molar-refractivity contribution in [2.75, 3.05) is 32.1 Å². The predicted molar refractivity (Wildman–Crippen MR) is 91.2 cm³/mol. The number of fused-ring (bicyclic) bond motifs is 1. The number of benzene rings is 1. The zero-order chi connectivity index (χ0) is 16.5. The molecular formula is C18H23N3O3. The Hall–Kier alpha value is -2.08. The molecular weight excluding hydrogens is 306 g/mol. The summed E-state index contributed by atoms with van der Waals surface area (Å²) in [7, 11) is 1.71. The zero-order valence-corrected chi connectivity index (χ0v) is 14.0. The molecule has 2 heterocycles. The van der Waals surface area contributed by atoms with E-state index in [2.05, 4.69) is 10.3 Å². The summed E-state index contributed by atoms with van der Waals surface area (Å²) in [6.07, 6.45) is 4.46. The minimum absolute atomic E-state index is 0.0583. The molecule has 2 aromatic rings. The smallest absolute Gasteiger partial charge is 0.321 e. The van der Waals surface area contributed by atoms with Crippen LogP contribution in [0, 0.1) is 5.92 Å². The SMILES string of the molecule is COCC1CCCN(C(=O)Nc2ccc3nc(C4CC4)oc3c2)C1. The largest absolute Gasteiger partial charge is 0.440 e. The van der Waals surface area contributed by atoms with Crippen LogP contribution >= 0.6 is 0 Å². The van der Waals surface area contributed by atoms with Crippen LogP contribution in [0.5, 0.6) is 0 Å². The minimum Gasteiger partial charge on any atom is -0.440 e. The van der Waals surface area contributed by atoms with Crippen molar-refractivity contribution < 1.29 is 13.9 Å². The fourth-order valence-electron chi connectivity index (χ4n) is 3.35. The van der Waals surface area contributed by atoms with Gasteiger partial charge in [-0.2, -0.15) is 0 Å². The summed E-state index contributed by atoms with van der Waals surface area (Å²) in [5.74, 6) is 1.74. The highest BCUT2D eigenvalue weighted by molar-refractivity contribution is 5.91. The second-order valence-electron chi connectivity index (χ2n) is 6.85. The van der Waals surface area contributed by atoms with Crippen molar-refractivity contribution in [3.05, 3.63) is 24.1 Å². The number of oxazole rings is 1. The van der Waals surface area contributed by atoms with Crippen molar-refractivity contribution in [3.8, 4) is 0 Å². The molecule has 1 saturated carbocycles. The number of amides is 2. The average molecular weight is 329 g/mol. The molecule has 1 aliphatic carbocycles. The Morgan fingerprint density at radius 3 is 3.08 bits per heavy atom. The van der Waals surface area contributed by atoms with Crippen LogP contribution in [0.25, 0.3) is 11.1 Å². The number of rotatable bonds is 4. The third-order valence-electron chi connectivity index (χ3n) is 4.79. The summed E-state index contributed by atoms with van der Waals surface area (Å²) in [6.45, 7) is 2.25. The molecule has 0 spiro atoms. The topological polar surface area (TPSA) is 67.6 Å². The molecule has 128 valence electrons. The Kier molecular flexibility index (Phi) is 4.14. The highest BCUT2D eigenvalue weighted by Crippen LogP contribution is 2.40. The molecule has 2 amide bonds. The van der Waals surface area contributed by atoms with Crippen molar-refractivity contribution in [3.63, 3.8) is 0 Å². The Balaban J connectivity index is 1.43. The quantitative estimate of drug-likeness (QED) is 0.930. The lowest BCUT2D eigenvalue weighted by molar-refractivity contribution is 0.104. The van der Waals surface area contributed by atoms with Crippen LogP contribution in [-0.2, 0) is 4.74 Å². The molecule has 0 radical (unpaired) electrons. The molecule has 24 heavy (non-hydrogen) atoms. The van der Waals surface area contributed by atoms with E-state index in [-0.39, 0.29) is 6.03 Å². The van der Waals surface area contributed by atoms with E-state index in [1.165, 1.54) is 0 Å². The Labute approximate surface area is 141 Å². The van der Waals surface area contributed by atoms with Gasteiger partial charge in [0.05, 0.1) is 6.61 Å². The molecule has 1 N–H and O–H groups in total. The van der Waals surface area contributed by atoms with Crippen LogP contribution in [0.1, 0.15) is 37.5 Å². The number of nitrogens with one attached hydrogen (secondary N) is 1. The molecule has 4 rings (SSSR count). The van der Waals surface area contributed by atoms with Gasteiger partial charge < -0.3 is 19.4 Å². The first-order valence-electron chi connectivity index (χ1n) is 8.68. The van der Waals surface area contributed by atoms with Gasteiger partial charge in [0.15, 0.2) is 11.5 Å². The molecule has 1 unspecified atom stereocenters. The van der Waals surface area contributed by atoms with Crippen LogP contribution in [0.2, 0.25) is 0 Å². The number of hydrogen-bond acceptors (Lipinski definition) is 4. The molecule has 2 aliphatic rings. The molecule has 1 aliphatic heterocycles. The number of ether oxygens (including phenoxy) is 1. The van der Waals surface area contributed by atoms with E-state index in [1.54, 1.807) is 7.11 Å². The number of aromatic nitrogens is 1. The van der Waals surface area contributed by atoms with E-state index in [4.69, 9.17) is 9.15 Å². The lowest BCUT2D eigenvalue weighted by Crippen LogP contribution is -2.43. The first kappa shape index (κ1) is 15.4. The van der Waals surface area contributed by atoms with E-state index >= 15 is 0 Å². The third-order valence-corrected chi connectivity index (χ3v) is 4.79. The van der Waals surface area contributed by atoms with Gasteiger partial charge in [-0.25, -0.2) is 9.78 Å². The molecule has 2 fully saturated rings. The maximum atomic E-state index is 12.5. The normalized spacial score (nSPS) is 21.2. The van der Waals surface area contributed by atoms with Crippen molar-refractivity contribution in [2.24, 2.45) is 5.92 Å². The molecule has 6 nitrogen and oxygen atoms in total. The second kappa shape index (κ2) is 6.43. The summed E-state index contributed by atoms with van der Waals surface area (Å²) in [5.41, 5.74) is 2.35. The maximum Gasteiger partial charge on any atom is 0.321 e. The van der Waals surface area contributed by atoms with Gasteiger partial charge in [0.2, 0.25) is 0 Å². The molecule has 1 atom stereocenters. The predicted octanol–water partition coefficient (Wildman–Crippen LogP) is 3.60. The van der Waals surface area contributed by atoms with Crippen LogP contribution < -0.4 is 5.32 Å². The molecule has 1 aromatic carbocycles. The summed E-state index contributed by atoms with van der Waals surface area (Å²) < 4.78 is 11.0. The number of carbonyl (C=O) groups excluding carboxylic acids is 1. The van der Waals surface area contributed by atoms with Crippen LogP contribution in [0.4, 0.5) is 10.5 Å². The number of anilines is 1. The summed E-state index contributed by atoms with van der Waals surface area (Å²) in [5, 5.41) is 2.98. The van der Waals surface area contributed by atoms with Gasteiger partial charge in [0.1, 0.15) is 5.52 Å². The number of carbonyl (C=O) groups is 1. The Bertz CT molecular complexity index is 736. The summed E-state index contributed by atoms with van der Waals surface area (Å²) in [4.78, 5) is 18.9. The van der Waals surface area contributed by atoms with E-state index in [0.29, 0.717) is 18.4 Å². The number of hydrogen-bond donors (Lipinski definition) is 1. The van der Waals surface area contributed by atoms with Gasteiger partial charge in [0.25, 0.3) is 0 Å². The van der Waals surface area contributed by atoms with Gasteiger partial charge in [-0.3, -0.25) is 0 Å². The fourth-order valence-corrected chi connectivity index (χ4v) is 3.35. The molecule has 1 aromatic heterocycles. The minimum atomic E-state index is -0.0583. The summed E-state index contributed by atoms with van der Waals surface area (Å²) in [6, 6.07) is 5.60. The monoisotopic (exact) mass is 329 g/mol. The zero-order valence-electron chi connectivity index (χ0n) is 14.0. The van der Waals surface area contributed by atoms with Crippen molar-refractivity contribution in [1.82, 2.24) is 9.88 Å². The van der Waals surface area contributed by atoms with E-state index in [1.807, 2.05) is 23.1 Å².